The molecule has 1 heterocycles. The summed E-state index contributed by atoms with van der Waals surface area (Å²) < 4.78 is 0. The molecule has 3 N–H and O–H groups in total. The number of carbonyl (C=O) groups excluding carboxylic acids is 1. The summed E-state index contributed by atoms with van der Waals surface area (Å²) in [5, 5.41) is 25.6. The Morgan fingerprint density at radius 3 is 2.41 bits per heavy atom. The van der Waals surface area contributed by atoms with E-state index in [1.54, 1.807) is 18.3 Å². The quantitative estimate of drug-likeness (QED) is 0.214. The molecule has 1 saturated carbocycles. The van der Waals surface area contributed by atoms with Crippen molar-refractivity contribution >= 4 is 17.6 Å². The zero-order valence-corrected chi connectivity index (χ0v) is 21.3. The van der Waals surface area contributed by atoms with E-state index in [9.17, 15) is 14.8 Å². The molecule has 0 saturated heterocycles. The van der Waals surface area contributed by atoms with Gasteiger partial charge in [0.1, 0.15) is 0 Å². The van der Waals surface area contributed by atoms with Gasteiger partial charge in [0.2, 0.25) is 0 Å². The molecule has 0 aliphatic heterocycles. The van der Waals surface area contributed by atoms with Crippen LogP contribution < -0.4 is 5.32 Å². The molecule has 0 atom stereocenters. The van der Waals surface area contributed by atoms with Gasteiger partial charge in [-0.05, 0) is 98.9 Å². The monoisotopic (exact) mass is 499 g/mol. The van der Waals surface area contributed by atoms with E-state index in [1.807, 2.05) is 50.2 Å². The normalized spacial score (nSPS) is 17.8. The van der Waals surface area contributed by atoms with Crippen LogP contribution in [0.2, 0.25) is 0 Å². The standard InChI is InChI=1S/C30H33N3O4/c1-19-18-24(16-17-31-19)26-4-3-5-27(20(26)2)28(33-37)15-8-21-6-9-22(10-7-21)29(34)32-25-13-11-23(12-14-25)30(35)36/h3-7,9-10,16-18,23,25,37H,8,11-15H2,1-2H3,(H,32,34)(H,35,36)/b33-28+. The number of amides is 1. The number of hydrogen-bond donors (Lipinski definition) is 3. The number of hydrogen-bond acceptors (Lipinski definition) is 5. The van der Waals surface area contributed by atoms with Crippen LogP contribution in [0.15, 0.2) is 65.9 Å². The molecular formula is C30H33N3O4. The predicted octanol–water partition coefficient (Wildman–Crippen LogP) is 5.55. The summed E-state index contributed by atoms with van der Waals surface area (Å²) in [5.41, 5.74) is 7.29. The molecule has 3 aromatic rings. The number of benzene rings is 2. The maximum atomic E-state index is 12.7. The van der Waals surface area contributed by atoms with Gasteiger partial charge in [-0.25, -0.2) is 0 Å². The fourth-order valence-corrected chi connectivity index (χ4v) is 5.05. The molecule has 1 aliphatic carbocycles. The third-order valence-electron chi connectivity index (χ3n) is 7.25. The van der Waals surface area contributed by atoms with Gasteiger partial charge >= 0.3 is 5.97 Å². The second kappa shape index (κ2) is 11.8. The Kier molecular flexibility index (Phi) is 8.33. The minimum Gasteiger partial charge on any atom is -0.481 e. The van der Waals surface area contributed by atoms with Crippen LogP contribution >= 0.6 is 0 Å². The van der Waals surface area contributed by atoms with Crippen LogP contribution in [-0.2, 0) is 11.2 Å². The Bertz CT molecular complexity index is 1290. The van der Waals surface area contributed by atoms with Crippen LogP contribution in [0.25, 0.3) is 11.1 Å². The van der Waals surface area contributed by atoms with Crippen LogP contribution in [0.1, 0.15) is 64.8 Å². The van der Waals surface area contributed by atoms with Crippen molar-refractivity contribution in [3.8, 4) is 11.1 Å². The van der Waals surface area contributed by atoms with Crippen molar-refractivity contribution in [2.75, 3.05) is 0 Å². The average Bonchev–Trinajstić information content (AvgIpc) is 2.90. The Morgan fingerprint density at radius 1 is 1.03 bits per heavy atom. The van der Waals surface area contributed by atoms with Crippen LogP contribution in [0.3, 0.4) is 0 Å². The van der Waals surface area contributed by atoms with Gasteiger partial charge in [-0.15, -0.1) is 0 Å². The molecule has 37 heavy (non-hydrogen) atoms. The first kappa shape index (κ1) is 26.1. The van der Waals surface area contributed by atoms with Gasteiger partial charge in [-0.1, -0.05) is 35.5 Å². The van der Waals surface area contributed by atoms with E-state index >= 15 is 0 Å². The SMILES string of the molecule is Cc1cc(-c2cccc(/C(CCc3ccc(C(=O)NC4CCC(C(=O)O)CC4)cc3)=N/O)c2C)ccn1. The van der Waals surface area contributed by atoms with Gasteiger partial charge in [0.15, 0.2) is 0 Å². The molecule has 2 aromatic carbocycles. The van der Waals surface area contributed by atoms with Crippen molar-refractivity contribution in [1.29, 1.82) is 0 Å². The van der Waals surface area contributed by atoms with Crippen molar-refractivity contribution in [2.24, 2.45) is 11.1 Å². The number of carboxylic acids is 1. The largest absolute Gasteiger partial charge is 0.481 e. The minimum absolute atomic E-state index is 0.0150. The lowest BCUT2D eigenvalue weighted by molar-refractivity contribution is -0.142. The molecule has 0 unspecified atom stereocenters. The number of carbonyl (C=O) groups is 2. The first-order valence-corrected chi connectivity index (χ1v) is 12.7. The lowest BCUT2D eigenvalue weighted by Crippen LogP contribution is -2.38. The fourth-order valence-electron chi connectivity index (χ4n) is 5.05. The number of aromatic nitrogens is 1. The third-order valence-corrected chi connectivity index (χ3v) is 7.25. The molecular weight excluding hydrogens is 466 g/mol. The lowest BCUT2D eigenvalue weighted by atomic mass is 9.86. The van der Waals surface area contributed by atoms with Gasteiger partial charge < -0.3 is 15.6 Å². The van der Waals surface area contributed by atoms with Crippen LogP contribution in [-0.4, -0.2) is 38.9 Å². The molecule has 0 spiro atoms. The van der Waals surface area contributed by atoms with Crippen molar-refractivity contribution in [3.63, 3.8) is 0 Å². The highest BCUT2D eigenvalue weighted by Crippen LogP contribution is 2.27. The number of nitrogens with one attached hydrogen (secondary N) is 1. The average molecular weight is 500 g/mol. The highest BCUT2D eigenvalue weighted by Gasteiger charge is 2.26. The van der Waals surface area contributed by atoms with Crippen molar-refractivity contribution in [2.45, 2.75) is 58.4 Å². The number of oxime groups is 1. The lowest BCUT2D eigenvalue weighted by Gasteiger charge is -2.26. The van der Waals surface area contributed by atoms with E-state index in [0.717, 1.165) is 33.5 Å². The van der Waals surface area contributed by atoms with E-state index < -0.39 is 5.97 Å². The second-order valence-corrected chi connectivity index (χ2v) is 9.77. The van der Waals surface area contributed by atoms with Gasteiger partial charge in [0.25, 0.3) is 5.91 Å². The predicted molar refractivity (Wildman–Crippen MR) is 143 cm³/mol. The zero-order chi connectivity index (χ0) is 26.4. The van der Waals surface area contributed by atoms with Crippen molar-refractivity contribution in [1.82, 2.24) is 10.3 Å². The summed E-state index contributed by atoms with van der Waals surface area (Å²) in [6, 6.07) is 17.5. The molecule has 192 valence electrons. The van der Waals surface area contributed by atoms with E-state index in [0.29, 0.717) is 49.8 Å². The Hall–Kier alpha value is -4.00. The Balaban J connectivity index is 1.37. The molecule has 1 aliphatic rings. The van der Waals surface area contributed by atoms with Gasteiger partial charge in [-0.2, -0.15) is 0 Å². The highest BCUT2D eigenvalue weighted by molar-refractivity contribution is 6.03. The summed E-state index contributed by atoms with van der Waals surface area (Å²) >= 11 is 0. The molecule has 7 heteroatoms. The molecule has 1 fully saturated rings. The molecule has 0 bridgehead atoms. The van der Waals surface area contributed by atoms with Crippen molar-refractivity contribution < 1.29 is 19.9 Å². The topological polar surface area (TPSA) is 112 Å². The summed E-state index contributed by atoms with van der Waals surface area (Å²) in [5.74, 6) is -1.19. The summed E-state index contributed by atoms with van der Waals surface area (Å²) in [4.78, 5) is 28.1. The highest BCUT2D eigenvalue weighted by atomic mass is 16.4. The second-order valence-electron chi connectivity index (χ2n) is 9.77. The molecule has 7 nitrogen and oxygen atoms in total. The number of nitrogens with zero attached hydrogens (tertiary/aromatic N) is 2. The Morgan fingerprint density at radius 2 is 1.76 bits per heavy atom. The maximum Gasteiger partial charge on any atom is 0.306 e. The molecule has 1 amide bonds. The minimum atomic E-state index is -0.749. The fraction of sp³-hybridized carbons (Fsp3) is 0.333. The van der Waals surface area contributed by atoms with Crippen LogP contribution in [0.4, 0.5) is 0 Å². The number of carboxylic acid groups (broad SMARTS) is 1. The van der Waals surface area contributed by atoms with E-state index in [-0.39, 0.29) is 17.9 Å². The van der Waals surface area contributed by atoms with E-state index in [1.165, 1.54) is 0 Å². The number of pyridine rings is 1. The van der Waals surface area contributed by atoms with E-state index in [4.69, 9.17) is 5.11 Å². The van der Waals surface area contributed by atoms with Crippen LogP contribution in [0.5, 0.6) is 0 Å². The molecule has 0 radical (unpaired) electrons. The van der Waals surface area contributed by atoms with Crippen molar-refractivity contribution in [3.05, 3.63) is 88.7 Å². The van der Waals surface area contributed by atoms with Gasteiger partial charge in [-0.3, -0.25) is 14.6 Å². The summed E-state index contributed by atoms with van der Waals surface area (Å²) in [6.07, 6.45) is 5.58. The number of rotatable bonds is 8. The smallest absolute Gasteiger partial charge is 0.306 e. The Labute approximate surface area is 217 Å². The first-order chi connectivity index (χ1) is 17.9. The third kappa shape index (κ3) is 6.42. The molecule has 1 aromatic heterocycles. The number of aliphatic carboxylic acids is 1. The maximum absolute atomic E-state index is 12.7. The zero-order valence-electron chi connectivity index (χ0n) is 21.3. The van der Waals surface area contributed by atoms with Crippen LogP contribution in [0, 0.1) is 19.8 Å². The van der Waals surface area contributed by atoms with Gasteiger partial charge in [0.05, 0.1) is 11.6 Å². The molecule has 4 rings (SSSR count). The first-order valence-electron chi connectivity index (χ1n) is 12.7. The summed E-state index contributed by atoms with van der Waals surface area (Å²) in [6.45, 7) is 4.00. The summed E-state index contributed by atoms with van der Waals surface area (Å²) in [7, 11) is 0. The number of aryl methyl sites for hydroxylation is 2. The van der Waals surface area contributed by atoms with Gasteiger partial charge in [0, 0.05) is 29.1 Å². The van der Waals surface area contributed by atoms with E-state index in [2.05, 4.69) is 21.5 Å².